The topological polar surface area (TPSA) is 50.6 Å². The molecule has 0 atom stereocenters. The Morgan fingerprint density at radius 2 is 2.00 bits per heavy atom. The zero-order valence-corrected chi connectivity index (χ0v) is 15.0. The maximum Gasteiger partial charge on any atom is 0.227 e. The molecule has 1 amide bonds. The van der Waals surface area contributed by atoms with Crippen molar-refractivity contribution in [3.05, 3.63) is 48.0 Å². The molecule has 2 heterocycles. The molecule has 1 saturated heterocycles. The summed E-state index contributed by atoms with van der Waals surface area (Å²) in [5, 5.41) is 0. The van der Waals surface area contributed by atoms with E-state index in [0.29, 0.717) is 6.42 Å². The van der Waals surface area contributed by atoms with Crippen molar-refractivity contribution in [1.29, 1.82) is 0 Å². The Morgan fingerprint density at radius 1 is 1.20 bits per heavy atom. The van der Waals surface area contributed by atoms with Crippen LogP contribution in [0.2, 0.25) is 0 Å². The highest BCUT2D eigenvalue weighted by Gasteiger charge is 2.21. The number of amides is 1. The summed E-state index contributed by atoms with van der Waals surface area (Å²) in [5.41, 5.74) is 1.00. The molecule has 6 nitrogen and oxygen atoms in total. The van der Waals surface area contributed by atoms with Crippen LogP contribution in [-0.2, 0) is 17.8 Å². The molecule has 1 fully saturated rings. The zero-order valence-electron chi connectivity index (χ0n) is 15.0. The van der Waals surface area contributed by atoms with Gasteiger partial charge in [-0.05, 0) is 24.6 Å². The van der Waals surface area contributed by atoms with Gasteiger partial charge in [0.1, 0.15) is 11.6 Å². The lowest BCUT2D eigenvalue weighted by Gasteiger charge is -2.35. The molecule has 0 bridgehead atoms. The smallest absolute Gasteiger partial charge is 0.227 e. The SMILES string of the molecule is COc1cccc(CC(=O)N2CCN(CCn3ccnc3C)CC2)c1. The first-order chi connectivity index (χ1) is 12.2. The highest BCUT2D eigenvalue weighted by molar-refractivity contribution is 5.79. The third kappa shape index (κ3) is 4.60. The fourth-order valence-electron chi connectivity index (χ4n) is 3.18. The zero-order chi connectivity index (χ0) is 17.6. The Labute approximate surface area is 149 Å². The molecular formula is C19H26N4O2. The molecule has 25 heavy (non-hydrogen) atoms. The Hall–Kier alpha value is -2.34. The second-order valence-corrected chi connectivity index (χ2v) is 6.42. The van der Waals surface area contributed by atoms with E-state index in [2.05, 4.69) is 14.5 Å². The molecule has 1 aliphatic rings. The molecule has 1 aromatic carbocycles. The minimum Gasteiger partial charge on any atom is -0.497 e. The average molecular weight is 342 g/mol. The van der Waals surface area contributed by atoms with Gasteiger partial charge in [0.25, 0.3) is 0 Å². The summed E-state index contributed by atoms with van der Waals surface area (Å²) in [5.74, 6) is 2.04. The van der Waals surface area contributed by atoms with Crippen molar-refractivity contribution in [1.82, 2.24) is 19.4 Å². The number of nitrogens with zero attached hydrogens (tertiary/aromatic N) is 4. The maximum atomic E-state index is 12.5. The Morgan fingerprint density at radius 3 is 2.68 bits per heavy atom. The normalized spacial score (nSPS) is 15.4. The van der Waals surface area contributed by atoms with Gasteiger partial charge >= 0.3 is 0 Å². The Balaban J connectivity index is 1.45. The number of ether oxygens (including phenoxy) is 1. The highest BCUT2D eigenvalue weighted by atomic mass is 16.5. The van der Waals surface area contributed by atoms with Crippen LogP contribution in [0.3, 0.4) is 0 Å². The number of hydrogen-bond donors (Lipinski definition) is 0. The van der Waals surface area contributed by atoms with Crippen LogP contribution in [0, 0.1) is 6.92 Å². The van der Waals surface area contributed by atoms with Crippen molar-refractivity contribution >= 4 is 5.91 Å². The van der Waals surface area contributed by atoms with Crippen LogP contribution >= 0.6 is 0 Å². The molecule has 0 saturated carbocycles. The first kappa shape index (κ1) is 17.5. The average Bonchev–Trinajstić information content (AvgIpc) is 3.05. The second kappa shape index (κ2) is 8.16. The van der Waals surface area contributed by atoms with E-state index in [9.17, 15) is 4.79 Å². The molecule has 0 radical (unpaired) electrons. The molecule has 6 heteroatoms. The van der Waals surface area contributed by atoms with Gasteiger partial charge in [0.15, 0.2) is 0 Å². The van der Waals surface area contributed by atoms with E-state index in [0.717, 1.165) is 56.4 Å². The van der Waals surface area contributed by atoms with E-state index in [4.69, 9.17) is 4.74 Å². The van der Waals surface area contributed by atoms with E-state index in [1.807, 2.05) is 48.5 Å². The van der Waals surface area contributed by atoms with Crippen molar-refractivity contribution in [2.45, 2.75) is 19.9 Å². The lowest BCUT2D eigenvalue weighted by Crippen LogP contribution is -2.49. The van der Waals surface area contributed by atoms with Crippen molar-refractivity contribution in [2.75, 3.05) is 39.8 Å². The summed E-state index contributed by atoms with van der Waals surface area (Å²) < 4.78 is 7.39. The predicted octanol–water partition coefficient (Wildman–Crippen LogP) is 1.59. The summed E-state index contributed by atoms with van der Waals surface area (Å²) in [6, 6.07) is 7.73. The van der Waals surface area contributed by atoms with Crippen molar-refractivity contribution in [3.8, 4) is 5.75 Å². The van der Waals surface area contributed by atoms with Gasteiger partial charge in [-0.3, -0.25) is 9.69 Å². The third-order valence-electron chi connectivity index (χ3n) is 4.80. The molecule has 3 rings (SSSR count). The number of hydrogen-bond acceptors (Lipinski definition) is 4. The van der Waals surface area contributed by atoms with Crippen molar-refractivity contribution < 1.29 is 9.53 Å². The van der Waals surface area contributed by atoms with Crippen LogP contribution in [0.25, 0.3) is 0 Å². The largest absolute Gasteiger partial charge is 0.497 e. The number of aromatic nitrogens is 2. The standard InChI is InChI=1S/C19H26N4O2/c1-16-20-6-7-22(16)11-8-21-9-12-23(13-10-21)19(24)15-17-4-3-5-18(14-17)25-2/h3-7,14H,8-13,15H2,1-2H3. The van der Waals surface area contributed by atoms with Crippen LogP contribution in [0.15, 0.2) is 36.7 Å². The van der Waals surface area contributed by atoms with Gasteiger partial charge in [0, 0.05) is 51.7 Å². The highest BCUT2D eigenvalue weighted by Crippen LogP contribution is 2.14. The summed E-state index contributed by atoms with van der Waals surface area (Å²) in [6.45, 7) is 7.42. The van der Waals surface area contributed by atoms with E-state index in [1.165, 1.54) is 0 Å². The van der Waals surface area contributed by atoms with E-state index in [-0.39, 0.29) is 5.91 Å². The Kier molecular flexibility index (Phi) is 5.71. The van der Waals surface area contributed by atoms with Crippen LogP contribution in [0.4, 0.5) is 0 Å². The molecule has 1 aliphatic heterocycles. The van der Waals surface area contributed by atoms with Gasteiger partial charge in [-0.1, -0.05) is 12.1 Å². The summed E-state index contributed by atoms with van der Waals surface area (Å²) in [4.78, 5) is 21.1. The summed E-state index contributed by atoms with van der Waals surface area (Å²) in [6.07, 6.45) is 4.29. The van der Waals surface area contributed by atoms with E-state index < -0.39 is 0 Å². The molecule has 0 aliphatic carbocycles. The monoisotopic (exact) mass is 342 g/mol. The molecule has 1 aromatic heterocycles. The van der Waals surface area contributed by atoms with Gasteiger partial charge in [0.05, 0.1) is 13.5 Å². The van der Waals surface area contributed by atoms with Crippen LogP contribution < -0.4 is 4.74 Å². The van der Waals surface area contributed by atoms with Gasteiger partial charge in [0.2, 0.25) is 5.91 Å². The van der Waals surface area contributed by atoms with E-state index >= 15 is 0 Å². The fraction of sp³-hybridized carbons (Fsp3) is 0.474. The molecule has 0 unspecified atom stereocenters. The second-order valence-electron chi connectivity index (χ2n) is 6.42. The first-order valence-corrected chi connectivity index (χ1v) is 8.76. The molecule has 134 valence electrons. The lowest BCUT2D eigenvalue weighted by atomic mass is 10.1. The van der Waals surface area contributed by atoms with Crippen LogP contribution in [0.5, 0.6) is 5.75 Å². The predicted molar refractivity (Wildman–Crippen MR) is 96.7 cm³/mol. The minimum absolute atomic E-state index is 0.193. The van der Waals surface area contributed by atoms with E-state index in [1.54, 1.807) is 7.11 Å². The Bertz CT molecular complexity index is 705. The van der Waals surface area contributed by atoms with Gasteiger partial charge in [-0.2, -0.15) is 0 Å². The number of imidazole rings is 1. The number of carbonyl (C=O) groups is 1. The van der Waals surface area contributed by atoms with Gasteiger partial charge < -0.3 is 14.2 Å². The van der Waals surface area contributed by atoms with Crippen LogP contribution in [0.1, 0.15) is 11.4 Å². The lowest BCUT2D eigenvalue weighted by molar-refractivity contribution is -0.132. The van der Waals surface area contributed by atoms with Crippen molar-refractivity contribution in [3.63, 3.8) is 0 Å². The third-order valence-corrected chi connectivity index (χ3v) is 4.80. The molecule has 0 N–H and O–H groups in total. The van der Waals surface area contributed by atoms with Crippen molar-refractivity contribution in [2.24, 2.45) is 0 Å². The van der Waals surface area contributed by atoms with Crippen LogP contribution in [-0.4, -0.2) is 65.1 Å². The number of carbonyl (C=O) groups excluding carboxylic acids is 1. The minimum atomic E-state index is 0.193. The van der Waals surface area contributed by atoms with Gasteiger partial charge in [-0.15, -0.1) is 0 Å². The summed E-state index contributed by atoms with van der Waals surface area (Å²) in [7, 11) is 1.64. The number of piperazine rings is 1. The molecular weight excluding hydrogens is 316 g/mol. The molecule has 2 aromatic rings. The first-order valence-electron chi connectivity index (χ1n) is 8.76. The quantitative estimate of drug-likeness (QED) is 0.800. The van der Waals surface area contributed by atoms with Gasteiger partial charge in [-0.25, -0.2) is 4.98 Å². The number of benzene rings is 1. The number of rotatable bonds is 6. The number of aryl methyl sites for hydroxylation is 1. The maximum absolute atomic E-state index is 12.5. The number of methoxy groups -OCH3 is 1. The molecule has 0 spiro atoms. The summed E-state index contributed by atoms with van der Waals surface area (Å²) >= 11 is 0. The fourth-order valence-corrected chi connectivity index (χ4v) is 3.18.